The average molecular weight is 240 g/mol. The molecule has 0 heterocycles. The first-order chi connectivity index (χ1) is 5.33. The molecule has 63 valence electrons. The molecule has 0 amide bonds. The van der Waals surface area contributed by atoms with E-state index in [9.17, 15) is 9.59 Å². The van der Waals surface area contributed by atoms with Gasteiger partial charge in [0.05, 0.1) is 0 Å². The van der Waals surface area contributed by atoms with E-state index in [2.05, 4.69) is 0 Å². The number of carbonyl (C=O) groups is 1. The summed E-state index contributed by atoms with van der Waals surface area (Å²) in [4.78, 5) is 21.7. The Bertz CT molecular complexity index is 203. The second-order valence-corrected chi connectivity index (χ2v) is 3.59. The molecule has 2 aliphatic carbocycles. The van der Waals surface area contributed by atoms with Crippen LogP contribution in [-0.2, 0) is 42.3 Å². The second-order valence-electron chi connectivity index (χ2n) is 3.59. The number of hydrogen-bond acceptors (Lipinski definition) is 2. The molecule has 2 saturated carbocycles. The van der Waals surface area contributed by atoms with Crippen LogP contribution in [0.4, 0.5) is 0 Å². The van der Waals surface area contributed by atoms with Crippen LogP contribution in [0.5, 0.6) is 0 Å². The van der Waals surface area contributed by atoms with E-state index < -0.39 is 0 Å². The molecule has 2 rings (SSSR count). The molecule has 0 bridgehead atoms. The molecule has 0 N–H and O–H groups in total. The van der Waals surface area contributed by atoms with E-state index in [4.69, 9.17) is 0 Å². The van der Waals surface area contributed by atoms with Crippen molar-refractivity contribution in [3.05, 3.63) is 0 Å². The molecular formula is C9H11O2Y-. The molecule has 0 spiro atoms. The molecule has 0 saturated heterocycles. The summed E-state index contributed by atoms with van der Waals surface area (Å²) in [5.41, 5.74) is 0. The minimum absolute atomic E-state index is 0. The molecule has 0 aromatic rings. The first-order valence-corrected chi connectivity index (χ1v) is 4.23. The van der Waals surface area contributed by atoms with E-state index in [1.165, 1.54) is 0 Å². The monoisotopic (exact) mass is 240 g/mol. The normalized spacial score (nSPS) is 39.0. The first kappa shape index (κ1) is 10.5. The summed E-state index contributed by atoms with van der Waals surface area (Å²) in [6.07, 6.45) is 5.67. The summed E-state index contributed by atoms with van der Waals surface area (Å²) in [7, 11) is 0. The average Bonchev–Trinajstić information content (AvgIpc) is 2.54. The molecular weight excluding hydrogens is 229 g/mol. The van der Waals surface area contributed by atoms with Gasteiger partial charge in [-0.05, 0) is 18.3 Å². The minimum atomic E-state index is -0.0602. The summed E-state index contributed by atoms with van der Waals surface area (Å²) < 4.78 is 0. The Labute approximate surface area is 97.4 Å². The van der Waals surface area contributed by atoms with Crippen molar-refractivity contribution in [3.63, 3.8) is 0 Å². The third kappa shape index (κ3) is 1.56. The molecule has 1 radical (unpaired) electrons. The Hall–Kier alpha value is 0.444. The molecule has 0 aromatic carbocycles. The van der Waals surface area contributed by atoms with Gasteiger partial charge in [0.2, 0.25) is 0 Å². The molecule has 0 unspecified atom stereocenters. The zero-order chi connectivity index (χ0) is 7.84. The maximum absolute atomic E-state index is 11.2. The van der Waals surface area contributed by atoms with Gasteiger partial charge in [0.25, 0.3) is 0 Å². The van der Waals surface area contributed by atoms with Crippen LogP contribution in [-0.4, -0.2) is 12.1 Å². The Balaban J connectivity index is 0.000000720. The van der Waals surface area contributed by atoms with Crippen molar-refractivity contribution in [2.24, 2.45) is 17.8 Å². The van der Waals surface area contributed by atoms with E-state index in [0.717, 1.165) is 19.3 Å². The van der Waals surface area contributed by atoms with Crippen LogP contribution in [0.1, 0.15) is 25.7 Å². The second kappa shape index (κ2) is 4.10. The molecule has 2 aliphatic rings. The van der Waals surface area contributed by atoms with Gasteiger partial charge in [0.1, 0.15) is 5.78 Å². The van der Waals surface area contributed by atoms with Gasteiger partial charge < -0.3 is 4.79 Å². The van der Waals surface area contributed by atoms with Gasteiger partial charge in [-0.15, -0.1) is 5.92 Å². The molecule has 2 fully saturated rings. The van der Waals surface area contributed by atoms with E-state index in [-0.39, 0.29) is 44.5 Å². The molecule has 0 aliphatic heterocycles. The van der Waals surface area contributed by atoms with Crippen molar-refractivity contribution >= 4 is 12.1 Å². The van der Waals surface area contributed by atoms with Crippen molar-refractivity contribution in [2.45, 2.75) is 25.7 Å². The number of Topliss-reactive ketones (excluding diaryl/α,β-unsaturated/α-hetero) is 1. The fourth-order valence-electron chi connectivity index (χ4n) is 2.52. The van der Waals surface area contributed by atoms with Crippen molar-refractivity contribution in [1.82, 2.24) is 0 Å². The number of ketones is 1. The Morgan fingerprint density at radius 1 is 1.25 bits per heavy atom. The number of carbonyl (C=O) groups excluding carboxylic acids is 2. The molecule has 3 atom stereocenters. The summed E-state index contributed by atoms with van der Waals surface area (Å²) >= 11 is 0. The van der Waals surface area contributed by atoms with Gasteiger partial charge in [0, 0.05) is 39.1 Å². The minimum Gasteiger partial charge on any atom is -0.541 e. The van der Waals surface area contributed by atoms with Crippen molar-refractivity contribution in [3.8, 4) is 0 Å². The van der Waals surface area contributed by atoms with Gasteiger partial charge in [-0.1, -0.05) is 12.8 Å². The van der Waals surface area contributed by atoms with Crippen LogP contribution in [0.2, 0.25) is 0 Å². The van der Waals surface area contributed by atoms with Crippen LogP contribution in [0.15, 0.2) is 0 Å². The summed E-state index contributed by atoms with van der Waals surface area (Å²) in [6.45, 7) is 0. The van der Waals surface area contributed by atoms with Gasteiger partial charge >= 0.3 is 0 Å². The Morgan fingerprint density at radius 3 is 2.67 bits per heavy atom. The van der Waals surface area contributed by atoms with E-state index >= 15 is 0 Å². The van der Waals surface area contributed by atoms with Crippen molar-refractivity contribution < 1.29 is 42.3 Å². The standard InChI is InChI=1S/C9H11O2.Y/c10-5-7-2-1-6-3-4-8(11)9(6)7;/h6-7,9H,1-4H2;/q-1;/t6-,7-,9+;/m0./s1. The molecule has 3 heteroatoms. The maximum atomic E-state index is 11.2. The maximum Gasteiger partial charge on any atom is 0.134 e. The SMILES string of the molecule is O=[C-][C@@H]1CC[C@H]2CCC(=O)[C@H]21.[Y]. The predicted octanol–water partition coefficient (Wildman–Crippen LogP) is 1.10. The Kier molecular flexibility index (Phi) is 3.60. The topological polar surface area (TPSA) is 34.1 Å². The van der Waals surface area contributed by atoms with E-state index in [0.29, 0.717) is 18.1 Å². The van der Waals surface area contributed by atoms with Gasteiger partial charge in [-0.3, -0.25) is 11.1 Å². The van der Waals surface area contributed by atoms with E-state index in [1.807, 2.05) is 6.29 Å². The van der Waals surface area contributed by atoms with Crippen LogP contribution in [0.3, 0.4) is 0 Å². The quantitative estimate of drug-likeness (QED) is 0.643. The number of rotatable bonds is 1. The fourth-order valence-corrected chi connectivity index (χ4v) is 2.52. The fraction of sp³-hybridized carbons (Fsp3) is 0.778. The first-order valence-electron chi connectivity index (χ1n) is 4.23. The van der Waals surface area contributed by atoms with Crippen LogP contribution in [0.25, 0.3) is 0 Å². The summed E-state index contributed by atoms with van der Waals surface area (Å²) in [5.74, 6) is 0.831. The smallest absolute Gasteiger partial charge is 0.134 e. The van der Waals surface area contributed by atoms with E-state index in [1.54, 1.807) is 0 Å². The largest absolute Gasteiger partial charge is 0.541 e. The van der Waals surface area contributed by atoms with Crippen LogP contribution < -0.4 is 0 Å². The third-order valence-electron chi connectivity index (χ3n) is 3.07. The van der Waals surface area contributed by atoms with Gasteiger partial charge in [0.15, 0.2) is 0 Å². The number of fused-ring (bicyclic) bond motifs is 1. The Morgan fingerprint density at radius 2 is 2.00 bits per heavy atom. The third-order valence-corrected chi connectivity index (χ3v) is 3.07. The summed E-state index contributed by atoms with van der Waals surface area (Å²) in [6, 6.07) is 0. The summed E-state index contributed by atoms with van der Waals surface area (Å²) in [5, 5.41) is 0. The van der Waals surface area contributed by atoms with Crippen LogP contribution in [0, 0.1) is 17.8 Å². The predicted molar refractivity (Wildman–Crippen MR) is 39.6 cm³/mol. The molecule has 0 aromatic heterocycles. The van der Waals surface area contributed by atoms with Crippen molar-refractivity contribution in [2.75, 3.05) is 0 Å². The zero-order valence-corrected chi connectivity index (χ0v) is 9.79. The van der Waals surface area contributed by atoms with Gasteiger partial charge in [-0.2, -0.15) is 0 Å². The molecule has 12 heavy (non-hydrogen) atoms. The number of hydrogen-bond donors (Lipinski definition) is 0. The van der Waals surface area contributed by atoms with Gasteiger partial charge in [-0.25, -0.2) is 0 Å². The van der Waals surface area contributed by atoms with Crippen LogP contribution >= 0.6 is 0 Å². The zero-order valence-electron chi connectivity index (χ0n) is 6.95. The van der Waals surface area contributed by atoms with Crippen molar-refractivity contribution in [1.29, 1.82) is 0 Å². The molecule has 2 nitrogen and oxygen atoms in total.